The quantitative estimate of drug-likeness (QED) is 0.328. The van der Waals surface area contributed by atoms with Crippen LogP contribution in [0.3, 0.4) is 0 Å². The SMILES string of the molecule is COc1ccc(CCNCC(O)COc2ccc(-c3ncc(CO)[nH]3)cc2)cc1OC. The molecule has 0 saturated carbocycles. The van der Waals surface area contributed by atoms with Crippen LogP contribution in [0.5, 0.6) is 17.2 Å². The van der Waals surface area contributed by atoms with E-state index in [2.05, 4.69) is 15.3 Å². The van der Waals surface area contributed by atoms with Gasteiger partial charge in [0, 0.05) is 12.1 Å². The topological polar surface area (TPSA) is 109 Å². The summed E-state index contributed by atoms with van der Waals surface area (Å²) in [5.41, 5.74) is 2.68. The zero-order valence-corrected chi connectivity index (χ0v) is 17.8. The maximum atomic E-state index is 10.2. The van der Waals surface area contributed by atoms with Crippen LogP contribution in [0.2, 0.25) is 0 Å². The van der Waals surface area contributed by atoms with Crippen molar-refractivity contribution in [3.05, 3.63) is 59.9 Å². The van der Waals surface area contributed by atoms with Gasteiger partial charge < -0.3 is 34.7 Å². The highest BCUT2D eigenvalue weighted by Gasteiger charge is 2.08. The van der Waals surface area contributed by atoms with E-state index in [1.807, 2.05) is 42.5 Å². The Bertz CT molecular complexity index is 943. The van der Waals surface area contributed by atoms with Gasteiger partial charge in [-0.3, -0.25) is 0 Å². The fraction of sp³-hybridized carbons (Fsp3) is 0.348. The summed E-state index contributed by atoms with van der Waals surface area (Å²) in [4.78, 5) is 7.26. The number of aliphatic hydroxyl groups is 2. The highest BCUT2D eigenvalue weighted by atomic mass is 16.5. The summed E-state index contributed by atoms with van der Waals surface area (Å²) in [6.45, 7) is 1.27. The Kier molecular flexibility index (Phi) is 8.28. The van der Waals surface area contributed by atoms with Crippen LogP contribution >= 0.6 is 0 Å². The third-order valence-corrected chi connectivity index (χ3v) is 4.79. The zero-order chi connectivity index (χ0) is 22.1. The van der Waals surface area contributed by atoms with Crippen LogP contribution in [-0.2, 0) is 13.0 Å². The van der Waals surface area contributed by atoms with Gasteiger partial charge in [-0.1, -0.05) is 6.07 Å². The van der Waals surface area contributed by atoms with Crippen LogP contribution in [0.4, 0.5) is 0 Å². The number of imidazole rings is 1. The number of methoxy groups -OCH3 is 2. The van der Waals surface area contributed by atoms with Crippen molar-refractivity contribution in [1.82, 2.24) is 15.3 Å². The molecule has 0 saturated heterocycles. The highest BCUT2D eigenvalue weighted by Crippen LogP contribution is 2.27. The molecule has 3 rings (SSSR count). The van der Waals surface area contributed by atoms with E-state index in [1.165, 1.54) is 0 Å². The van der Waals surface area contributed by atoms with E-state index in [4.69, 9.17) is 19.3 Å². The second kappa shape index (κ2) is 11.4. The fourth-order valence-electron chi connectivity index (χ4n) is 3.08. The van der Waals surface area contributed by atoms with Gasteiger partial charge in [0.05, 0.1) is 32.7 Å². The monoisotopic (exact) mass is 427 g/mol. The molecule has 0 spiro atoms. The molecule has 0 bridgehead atoms. The molecule has 0 aliphatic heterocycles. The Morgan fingerprint density at radius 3 is 2.52 bits per heavy atom. The lowest BCUT2D eigenvalue weighted by molar-refractivity contribution is 0.106. The van der Waals surface area contributed by atoms with Gasteiger partial charge >= 0.3 is 0 Å². The van der Waals surface area contributed by atoms with Gasteiger partial charge in [0.2, 0.25) is 0 Å². The second-order valence-corrected chi connectivity index (χ2v) is 7.05. The van der Waals surface area contributed by atoms with Gasteiger partial charge in [0.25, 0.3) is 0 Å². The zero-order valence-electron chi connectivity index (χ0n) is 17.8. The lowest BCUT2D eigenvalue weighted by atomic mass is 10.1. The molecule has 1 heterocycles. The van der Waals surface area contributed by atoms with Crippen LogP contribution in [0, 0.1) is 0 Å². The Morgan fingerprint density at radius 2 is 1.84 bits per heavy atom. The Hall–Kier alpha value is -3.07. The van der Waals surface area contributed by atoms with Gasteiger partial charge in [-0.2, -0.15) is 0 Å². The van der Waals surface area contributed by atoms with Crippen molar-refractivity contribution in [2.45, 2.75) is 19.1 Å². The first-order chi connectivity index (χ1) is 15.1. The van der Waals surface area contributed by atoms with Gasteiger partial charge in [-0.15, -0.1) is 0 Å². The molecule has 0 fully saturated rings. The molecule has 166 valence electrons. The number of rotatable bonds is 12. The van der Waals surface area contributed by atoms with Crippen molar-refractivity contribution in [1.29, 1.82) is 0 Å². The molecule has 3 aromatic rings. The number of nitrogens with zero attached hydrogens (tertiary/aromatic N) is 1. The number of hydrogen-bond donors (Lipinski definition) is 4. The summed E-state index contributed by atoms with van der Waals surface area (Å²) in [5.74, 6) is 2.77. The fourth-order valence-corrected chi connectivity index (χ4v) is 3.08. The Balaban J connectivity index is 1.38. The molecule has 1 aromatic heterocycles. The van der Waals surface area contributed by atoms with Crippen LogP contribution in [-0.4, -0.2) is 60.2 Å². The molecule has 8 nitrogen and oxygen atoms in total. The predicted octanol–water partition coefficient (Wildman–Crippen LogP) is 2.16. The number of ether oxygens (including phenoxy) is 3. The van der Waals surface area contributed by atoms with Crippen molar-refractivity contribution in [3.63, 3.8) is 0 Å². The minimum absolute atomic E-state index is 0.0750. The molecule has 1 atom stereocenters. The van der Waals surface area contributed by atoms with Gasteiger partial charge in [-0.25, -0.2) is 4.98 Å². The molecular weight excluding hydrogens is 398 g/mol. The Labute approximate surface area is 181 Å². The van der Waals surface area contributed by atoms with Crippen molar-refractivity contribution < 1.29 is 24.4 Å². The number of aromatic nitrogens is 2. The molecule has 8 heteroatoms. The minimum Gasteiger partial charge on any atom is -0.493 e. The molecular formula is C23H29N3O5. The Morgan fingerprint density at radius 1 is 1.06 bits per heavy atom. The first-order valence-electron chi connectivity index (χ1n) is 10.1. The third-order valence-electron chi connectivity index (χ3n) is 4.79. The molecule has 0 amide bonds. The van der Waals surface area contributed by atoms with E-state index in [-0.39, 0.29) is 13.2 Å². The molecule has 2 aromatic carbocycles. The molecule has 0 aliphatic rings. The number of benzene rings is 2. The number of H-pyrrole nitrogens is 1. The lowest BCUT2D eigenvalue weighted by Gasteiger charge is -2.14. The van der Waals surface area contributed by atoms with E-state index in [0.717, 1.165) is 24.1 Å². The maximum Gasteiger partial charge on any atom is 0.160 e. The number of hydrogen-bond acceptors (Lipinski definition) is 7. The first kappa shape index (κ1) is 22.6. The lowest BCUT2D eigenvalue weighted by Crippen LogP contribution is -2.32. The number of aliphatic hydroxyl groups excluding tert-OH is 2. The summed E-state index contributed by atoms with van der Waals surface area (Å²) < 4.78 is 16.2. The molecule has 0 aliphatic carbocycles. The second-order valence-electron chi connectivity index (χ2n) is 7.05. The van der Waals surface area contributed by atoms with Crippen LogP contribution in [0.25, 0.3) is 11.4 Å². The van der Waals surface area contributed by atoms with E-state index >= 15 is 0 Å². The van der Waals surface area contributed by atoms with Gasteiger partial charge in [0.1, 0.15) is 24.3 Å². The minimum atomic E-state index is -0.623. The molecule has 1 unspecified atom stereocenters. The van der Waals surface area contributed by atoms with Gasteiger partial charge in [-0.05, 0) is 54.9 Å². The predicted molar refractivity (Wildman–Crippen MR) is 118 cm³/mol. The van der Waals surface area contributed by atoms with E-state index in [1.54, 1.807) is 20.4 Å². The van der Waals surface area contributed by atoms with E-state index in [0.29, 0.717) is 35.3 Å². The standard InChI is InChI=1S/C23H29N3O5/c1-29-21-8-3-16(11-22(21)30-2)9-10-24-13-19(28)15-31-20-6-4-17(5-7-20)23-25-12-18(14-27)26-23/h3-8,11-12,19,24,27-28H,9-10,13-15H2,1-2H3,(H,25,26). The van der Waals surface area contributed by atoms with Crippen molar-refractivity contribution in [3.8, 4) is 28.6 Å². The third kappa shape index (κ3) is 6.45. The summed E-state index contributed by atoms with van der Waals surface area (Å²) >= 11 is 0. The summed E-state index contributed by atoms with van der Waals surface area (Å²) in [5, 5.41) is 22.5. The molecule has 31 heavy (non-hydrogen) atoms. The summed E-state index contributed by atoms with van der Waals surface area (Å²) in [6, 6.07) is 13.3. The smallest absolute Gasteiger partial charge is 0.160 e. The summed E-state index contributed by atoms with van der Waals surface area (Å²) in [6.07, 6.45) is 1.79. The average molecular weight is 428 g/mol. The van der Waals surface area contributed by atoms with Gasteiger partial charge in [0.15, 0.2) is 11.5 Å². The van der Waals surface area contributed by atoms with Crippen LogP contribution in [0.1, 0.15) is 11.3 Å². The van der Waals surface area contributed by atoms with Crippen molar-refractivity contribution in [2.75, 3.05) is 33.9 Å². The summed E-state index contributed by atoms with van der Waals surface area (Å²) in [7, 11) is 3.23. The van der Waals surface area contributed by atoms with Crippen LogP contribution in [0.15, 0.2) is 48.7 Å². The van der Waals surface area contributed by atoms with E-state index in [9.17, 15) is 5.11 Å². The average Bonchev–Trinajstić information content (AvgIpc) is 3.30. The van der Waals surface area contributed by atoms with Crippen molar-refractivity contribution in [2.24, 2.45) is 0 Å². The largest absolute Gasteiger partial charge is 0.493 e. The normalized spacial score (nSPS) is 11.9. The van der Waals surface area contributed by atoms with E-state index < -0.39 is 6.10 Å². The van der Waals surface area contributed by atoms with Crippen molar-refractivity contribution >= 4 is 0 Å². The van der Waals surface area contributed by atoms with Crippen LogP contribution < -0.4 is 19.5 Å². The number of nitrogens with one attached hydrogen (secondary N) is 2. The molecule has 4 N–H and O–H groups in total. The first-order valence-corrected chi connectivity index (χ1v) is 10.1. The number of aromatic amines is 1. The maximum absolute atomic E-state index is 10.2. The molecule has 0 radical (unpaired) electrons. The highest BCUT2D eigenvalue weighted by molar-refractivity contribution is 5.56.